The monoisotopic (exact) mass is 2010 g/mol. The second-order valence-corrected chi connectivity index (χ2v) is 35.3. The van der Waals surface area contributed by atoms with Crippen molar-refractivity contribution in [2.75, 3.05) is 59.5 Å². The van der Waals surface area contributed by atoms with Crippen LogP contribution in [0.2, 0.25) is 0 Å². The molecule has 138 heavy (non-hydrogen) atoms. The van der Waals surface area contributed by atoms with Crippen LogP contribution in [-0.2, 0) is 128 Å². The van der Waals surface area contributed by atoms with Crippen LogP contribution in [0, 0.1) is 0 Å². The molecule has 0 unspecified atom stereocenters. The van der Waals surface area contributed by atoms with Gasteiger partial charge in [0.1, 0.15) is 256 Å². The fourth-order valence-corrected chi connectivity index (χ4v) is 18.0. The molecule has 11 aliphatic rings. The average molecular weight is 2020 g/mol. The van der Waals surface area contributed by atoms with E-state index >= 15 is 0 Å². The molecule has 11 heterocycles. The molecule has 11 aliphatic heterocycles. The Morgan fingerprint density at radius 2 is 0.471 bits per heavy atom. The summed E-state index contributed by atoms with van der Waals surface area (Å²) < 4.78 is 128. The molecule has 796 valence electrons. The topological polar surface area (TPSA) is 915 Å². The van der Waals surface area contributed by atoms with E-state index in [2.05, 4.69) is 31.9 Å². The summed E-state index contributed by atoms with van der Waals surface area (Å²) in [7, 11) is 0. The van der Waals surface area contributed by atoms with Gasteiger partial charge in [0.05, 0.1) is 71.7 Å². The standard InChI is InChI=1S/C78H130N6O54/c1-18-41(98)53(110)57(114)74(120-18)118-17-34-62(50(107)35(68(117)122-34)79-20(3)92)132-71-38(82-23(6)95)52(109)61(31(14-90)127-71)133-76-59(116)65(136-78-67(56(113)46(103)29(12-88)126-78)138-72-39(83-24(7)96)51(108)60(30(13-89)128-72)131-69-36(80-21(4)93)48(105)43(100)26(9-85)123-69)47(104)33(130-76)16-119-77-66(55(112)45(102)28(11-87)125-77)137-73-40(84-25(8)97)64(135-75-58(115)54(111)42(99)19(2)121-75)63(32(15-91)129-73)134-70-37(81-22(5)94)49(106)44(101)27(10-86)124-70/h18-19,26-78,85-91,98-117H,9-17H2,1-8H3,(H,79,92)(H,80,93)(H,81,94)(H,82,95)(H,83,96)(H,84,97)/t18-,19-,26+,27+,28+,29+,30+,31+,32+,33+,34+,35+,36+,37+,38+,39+,40+,41+,42+,43-,44-,45+,46+,47+,48+,49+,50+,51+,52+,53+,54+,55-,56-,57-,58-,59-,60+,61+,62+,63+,64+,65-,66-,67-,68+,69-,70-,71-,72-,73-,74+,75-,76-,77-,78+/m0/s1. The third kappa shape index (κ3) is 25.4. The maximum Gasteiger partial charge on any atom is 0.217 e. The van der Waals surface area contributed by atoms with Gasteiger partial charge in [-0.3, -0.25) is 28.8 Å². The summed E-state index contributed by atoms with van der Waals surface area (Å²) in [5, 5.41) is 321. The maximum atomic E-state index is 13.7. The Bertz CT molecular complexity index is 3880. The quantitative estimate of drug-likeness (QED) is 0.0280. The van der Waals surface area contributed by atoms with Crippen LogP contribution in [0.25, 0.3) is 0 Å². The van der Waals surface area contributed by atoms with E-state index in [0.29, 0.717) is 0 Å². The fraction of sp³-hybridized carbons (Fsp3) is 0.923. The molecule has 55 atom stereocenters. The third-order valence-corrected chi connectivity index (χ3v) is 25.3. The van der Waals surface area contributed by atoms with Gasteiger partial charge in [0.2, 0.25) is 35.4 Å². The van der Waals surface area contributed by atoms with Crippen LogP contribution in [0.3, 0.4) is 0 Å². The minimum atomic E-state index is -2.69. The normalized spacial score (nSPS) is 48.6. The lowest BCUT2D eigenvalue weighted by atomic mass is 9.93. The van der Waals surface area contributed by atoms with Gasteiger partial charge in [-0.2, -0.15) is 0 Å². The van der Waals surface area contributed by atoms with Crippen LogP contribution in [0.15, 0.2) is 0 Å². The first kappa shape index (κ1) is 113. The molecule has 0 spiro atoms. The molecule has 0 aromatic carbocycles. The Morgan fingerprint density at radius 1 is 0.203 bits per heavy atom. The maximum absolute atomic E-state index is 13.7. The fourth-order valence-electron chi connectivity index (χ4n) is 18.0. The minimum absolute atomic E-state index is 0.836. The first-order valence-corrected chi connectivity index (χ1v) is 44.3. The Labute approximate surface area is 783 Å². The Morgan fingerprint density at radius 3 is 0.891 bits per heavy atom. The van der Waals surface area contributed by atoms with Crippen molar-refractivity contribution < 1.29 is 266 Å². The highest BCUT2D eigenvalue weighted by molar-refractivity contribution is 5.75. The first-order chi connectivity index (χ1) is 65.1. The van der Waals surface area contributed by atoms with Crippen molar-refractivity contribution in [3.8, 4) is 0 Å². The van der Waals surface area contributed by atoms with E-state index < -0.39 is 432 Å². The molecular weight excluding hydrogens is 1880 g/mol. The lowest BCUT2D eigenvalue weighted by Gasteiger charge is -2.52. The molecule has 0 bridgehead atoms. The van der Waals surface area contributed by atoms with Gasteiger partial charge in [-0.05, 0) is 13.8 Å². The Balaban J connectivity index is 0.958. The van der Waals surface area contributed by atoms with Crippen molar-refractivity contribution in [3.05, 3.63) is 0 Å². The summed E-state index contributed by atoms with van der Waals surface area (Å²) in [6.07, 6.45) is -103. The zero-order valence-corrected chi connectivity index (χ0v) is 75.2. The van der Waals surface area contributed by atoms with E-state index in [4.69, 9.17) is 99.5 Å². The van der Waals surface area contributed by atoms with E-state index in [-0.39, 0.29) is 0 Å². The first-order valence-electron chi connectivity index (χ1n) is 44.3. The summed E-state index contributed by atoms with van der Waals surface area (Å²) in [5.74, 6) is -5.61. The minimum Gasteiger partial charge on any atom is -0.394 e. The van der Waals surface area contributed by atoms with Crippen LogP contribution in [0.4, 0.5) is 0 Å². The summed E-state index contributed by atoms with van der Waals surface area (Å²) in [5.41, 5.74) is 0. The largest absolute Gasteiger partial charge is 0.394 e. The zero-order chi connectivity index (χ0) is 102. The molecule has 33 N–H and O–H groups in total. The lowest BCUT2D eigenvalue weighted by Crippen LogP contribution is -2.72. The van der Waals surface area contributed by atoms with E-state index in [9.17, 15) is 167 Å². The van der Waals surface area contributed by atoms with Crippen LogP contribution in [-0.4, -0.2) is 570 Å². The van der Waals surface area contributed by atoms with Crippen molar-refractivity contribution >= 4 is 35.4 Å². The van der Waals surface area contributed by atoms with Crippen LogP contribution in [0.5, 0.6) is 0 Å². The highest BCUT2D eigenvalue weighted by atomic mass is 16.8. The summed E-state index contributed by atoms with van der Waals surface area (Å²) in [4.78, 5) is 78.0. The predicted octanol–water partition coefficient (Wildman–Crippen LogP) is -22.1. The van der Waals surface area contributed by atoms with E-state index in [1.165, 1.54) is 13.8 Å². The Kier molecular flexibility index (Phi) is 40.5. The highest BCUT2D eigenvalue weighted by Crippen LogP contribution is 2.42. The number of aliphatic hydroxyl groups excluding tert-OH is 27. The van der Waals surface area contributed by atoms with Gasteiger partial charge in [-0.25, -0.2) is 0 Å². The Hall–Kier alpha value is -5.10. The number of carbonyl (C=O) groups excluding carboxylic acids is 6. The van der Waals surface area contributed by atoms with Gasteiger partial charge in [0.25, 0.3) is 0 Å². The van der Waals surface area contributed by atoms with E-state index in [1.54, 1.807) is 0 Å². The average Bonchev–Trinajstić information content (AvgIpc) is 0.753. The number of ether oxygens (including phenoxy) is 21. The van der Waals surface area contributed by atoms with Gasteiger partial charge in [-0.1, -0.05) is 0 Å². The van der Waals surface area contributed by atoms with Gasteiger partial charge in [0.15, 0.2) is 69.2 Å². The molecular formula is C78H130N6O54. The van der Waals surface area contributed by atoms with Crippen LogP contribution in [0.1, 0.15) is 55.4 Å². The van der Waals surface area contributed by atoms with Gasteiger partial charge in [-0.15, -0.1) is 0 Å². The smallest absolute Gasteiger partial charge is 0.217 e. The van der Waals surface area contributed by atoms with E-state index in [1.807, 2.05) is 0 Å². The highest BCUT2D eigenvalue weighted by Gasteiger charge is 2.63. The van der Waals surface area contributed by atoms with Crippen molar-refractivity contribution in [3.63, 3.8) is 0 Å². The predicted molar refractivity (Wildman–Crippen MR) is 429 cm³/mol. The molecule has 60 nitrogen and oxygen atoms in total. The molecule has 60 heteroatoms. The summed E-state index contributed by atoms with van der Waals surface area (Å²) in [6, 6.07) is -11.4. The summed E-state index contributed by atoms with van der Waals surface area (Å²) in [6.45, 7) is -2.16. The molecule has 0 aromatic rings. The van der Waals surface area contributed by atoms with Gasteiger partial charge >= 0.3 is 0 Å². The van der Waals surface area contributed by atoms with Gasteiger partial charge < -0.3 is 269 Å². The second-order valence-electron chi connectivity index (χ2n) is 35.3. The second kappa shape index (κ2) is 49.4. The number of carbonyl (C=O) groups is 6. The lowest BCUT2D eigenvalue weighted by molar-refractivity contribution is -0.399. The molecule has 6 amide bonds. The molecule has 11 fully saturated rings. The number of nitrogens with one attached hydrogen (secondary N) is 6. The molecule has 0 saturated carbocycles. The van der Waals surface area contributed by atoms with Crippen molar-refractivity contribution in [1.82, 2.24) is 31.9 Å². The number of hydrogen-bond acceptors (Lipinski definition) is 54. The number of rotatable bonds is 35. The molecule has 11 rings (SSSR count). The van der Waals surface area contributed by atoms with Crippen LogP contribution >= 0.6 is 0 Å². The van der Waals surface area contributed by atoms with Crippen molar-refractivity contribution in [2.24, 2.45) is 0 Å². The molecule has 0 aromatic heterocycles. The number of aliphatic hydroxyl groups is 27. The third-order valence-electron chi connectivity index (χ3n) is 25.3. The van der Waals surface area contributed by atoms with Crippen LogP contribution < -0.4 is 31.9 Å². The SMILES string of the molecule is CC(=O)N[C@@H]1[C@@H](O)[C@H](O[C@@H]2O[C@H](CO)[C@@H](O[C@@H]3O[C@H](CO[C@H]4O[C@H](CO)[C@@H](O)[C@H](O)[C@@H]4O[C@@H]4O[C@H](CO)[C@@H](O[C@@H]5O[C@H](CO)[C@H](O)[C@H](O)[C@H]5NC(C)=O)[C@H](O[C@@H]5O[C@@H](C)[C@@H](O)[C@@H](O)[C@@H]5O)[C@H]4NC(C)=O)[C@@H](O)[C@H](O[C@H]4O[C@H](CO)[C@@H](O)[C@H](O)[C@@H]4O[C@@H]4O[C@H](CO)[C@@H](O[C@@H]5O[C@H](CO)[C@H](O)[C@H](O)[C@H]5NC(C)=O)[C@H](O)[C@H]4NC(C)=O)[C@@H]3O)[C@H](O)[C@H]2NC(C)=O)[C@@H](CO[C@@H]2O[C@@H](C)[C@@H](O)[C@@H](O)[C@@H]2O)O[C@H]1O. The molecule has 11 saturated heterocycles. The number of amides is 6. The zero-order valence-electron chi connectivity index (χ0n) is 75.2. The number of hydrogen-bond donors (Lipinski definition) is 33. The molecule has 0 aliphatic carbocycles. The van der Waals surface area contributed by atoms with E-state index in [0.717, 1.165) is 41.5 Å². The molecule has 0 radical (unpaired) electrons. The van der Waals surface area contributed by atoms with Crippen molar-refractivity contribution in [2.45, 2.75) is 393 Å². The van der Waals surface area contributed by atoms with Gasteiger partial charge in [0, 0.05) is 41.5 Å². The van der Waals surface area contributed by atoms with Crippen molar-refractivity contribution in [1.29, 1.82) is 0 Å². The summed E-state index contributed by atoms with van der Waals surface area (Å²) >= 11 is 0.